The minimum Gasteiger partial charge on any atom is -0.466 e. The predicted octanol–water partition coefficient (Wildman–Crippen LogP) is 4.98. The fraction of sp³-hybridized carbons (Fsp3) is 0.115. The Bertz CT molecular complexity index is 1370. The van der Waals surface area contributed by atoms with Crippen molar-refractivity contribution < 1.29 is 23.5 Å². The van der Waals surface area contributed by atoms with Crippen LogP contribution in [0.2, 0.25) is 0 Å². The summed E-state index contributed by atoms with van der Waals surface area (Å²) in [6.07, 6.45) is -0.170. The summed E-state index contributed by atoms with van der Waals surface area (Å²) in [5.41, 5.74) is 2.07. The monoisotopic (exact) mass is 410 g/mol. The number of fused-ring (bicyclic) bond motifs is 3. The van der Waals surface area contributed by atoms with E-state index in [1.165, 1.54) is 0 Å². The Morgan fingerprint density at radius 3 is 2.23 bits per heavy atom. The van der Waals surface area contributed by atoms with Crippen LogP contribution in [0, 0.1) is 0 Å². The zero-order valence-electron chi connectivity index (χ0n) is 16.8. The Hall–Kier alpha value is -3.99. The molecule has 0 bridgehead atoms. The first-order valence-electron chi connectivity index (χ1n) is 10.1. The molecule has 31 heavy (non-hydrogen) atoms. The number of carbonyl (C=O) groups is 3. The molecule has 5 nitrogen and oxygen atoms in total. The van der Waals surface area contributed by atoms with Crippen LogP contribution >= 0.6 is 0 Å². The Morgan fingerprint density at radius 1 is 0.806 bits per heavy atom. The summed E-state index contributed by atoms with van der Waals surface area (Å²) in [6, 6.07) is 20.2. The Kier molecular flexibility index (Phi) is 4.51. The van der Waals surface area contributed by atoms with Gasteiger partial charge in [-0.25, -0.2) is 0 Å². The Morgan fingerprint density at radius 2 is 1.45 bits per heavy atom. The fourth-order valence-corrected chi connectivity index (χ4v) is 4.19. The third-order valence-electron chi connectivity index (χ3n) is 5.50. The van der Waals surface area contributed by atoms with E-state index in [-0.39, 0.29) is 41.7 Å². The van der Waals surface area contributed by atoms with Gasteiger partial charge in [-0.05, 0) is 23.3 Å². The van der Waals surface area contributed by atoms with Gasteiger partial charge in [0, 0.05) is 16.7 Å². The van der Waals surface area contributed by atoms with Crippen molar-refractivity contribution in [1.82, 2.24) is 0 Å². The van der Waals surface area contributed by atoms with Crippen molar-refractivity contribution in [2.75, 3.05) is 6.61 Å². The molecule has 0 fully saturated rings. The largest absolute Gasteiger partial charge is 0.466 e. The number of hydrogen-bond acceptors (Lipinski definition) is 5. The van der Waals surface area contributed by atoms with Gasteiger partial charge in [-0.15, -0.1) is 0 Å². The minimum atomic E-state index is -0.479. The van der Waals surface area contributed by atoms with Crippen LogP contribution in [-0.4, -0.2) is 24.1 Å². The van der Waals surface area contributed by atoms with Crippen molar-refractivity contribution in [3.63, 3.8) is 0 Å². The van der Waals surface area contributed by atoms with Crippen molar-refractivity contribution in [1.29, 1.82) is 0 Å². The summed E-state index contributed by atoms with van der Waals surface area (Å²) in [5, 5.41) is 1.88. The van der Waals surface area contributed by atoms with E-state index >= 15 is 0 Å². The highest BCUT2D eigenvalue weighted by molar-refractivity contribution is 6.30. The molecule has 1 aliphatic rings. The lowest BCUT2D eigenvalue weighted by Crippen LogP contribution is -2.19. The van der Waals surface area contributed by atoms with E-state index in [4.69, 9.17) is 9.15 Å². The van der Waals surface area contributed by atoms with Crippen LogP contribution in [0.15, 0.2) is 71.1 Å². The molecule has 1 heterocycles. The maximum atomic E-state index is 13.5. The highest BCUT2D eigenvalue weighted by Gasteiger charge is 2.38. The van der Waals surface area contributed by atoms with Crippen LogP contribution in [0.5, 0.6) is 0 Å². The van der Waals surface area contributed by atoms with Crippen molar-refractivity contribution in [3.05, 3.63) is 94.9 Å². The third-order valence-corrected chi connectivity index (χ3v) is 5.50. The summed E-state index contributed by atoms with van der Waals surface area (Å²) < 4.78 is 11.0. The van der Waals surface area contributed by atoms with Gasteiger partial charge in [0.1, 0.15) is 12.2 Å². The number of ether oxygens (including phenoxy) is 1. The lowest BCUT2D eigenvalue weighted by Gasteiger charge is -2.14. The smallest absolute Gasteiger partial charge is 0.313 e. The van der Waals surface area contributed by atoms with Crippen LogP contribution in [0.25, 0.3) is 21.9 Å². The molecule has 0 saturated heterocycles. The maximum absolute atomic E-state index is 13.5. The number of rotatable bonds is 4. The van der Waals surface area contributed by atoms with Gasteiger partial charge in [0.05, 0.1) is 12.2 Å². The second-order valence-corrected chi connectivity index (χ2v) is 7.32. The van der Waals surface area contributed by atoms with E-state index in [1.807, 2.05) is 42.5 Å². The summed E-state index contributed by atoms with van der Waals surface area (Å²) in [5.74, 6) is -0.887. The van der Waals surface area contributed by atoms with Crippen LogP contribution in [0.3, 0.4) is 0 Å². The molecule has 0 amide bonds. The summed E-state index contributed by atoms with van der Waals surface area (Å²) in [7, 11) is 0. The van der Waals surface area contributed by atoms with Gasteiger partial charge >= 0.3 is 5.97 Å². The lowest BCUT2D eigenvalue weighted by atomic mass is 9.84. The number of hydrogen-bond donors (Lipinski definition) is 0. The second kappa shape index (κ2) is 7.36. The molecule has 0 unspecified atom stereocenters. The van der Waals surface area contributed by atoms with E-state index in [9.17, 15) is 14.4 Å². The van der Waals surface area contributed by atoms with E-state index in [2.05, 4.69) is 0 Å². The van der Waals surface area contributed by atoms with Gasteiger partial charge in [0.25, 0.3) is 0 Å². The van der Waals surface area contributed by atoms with Crippen molar-refractivity contribution in [3.8, 4) is 11.1 Å². The first-order chi connectivity index (χ1) is 15.1. The van der Waals surface area contributed by atoms with Crippen LogP contribution < -0.4 is 0 Å². The van der Waals surface area contributed by atoms with Crippen molar-refractivity contribution in [2.45, 2.75) is 13.3 Å². The van der Waals surface area contributed by atoms with Gasteiger partial charge in [-0.2, -0.15) is 0 Å². The first kappa shape index (κ1) is 19.0. The second-order valence-electron chi connectivity index (χ2n) is 7.32. The van der Waals surface area contributed by atoms with Crippen LogP contribution in [0.4, 0.5) is 0 Å². The van der Waals surface area contributed by atoms with Gasteiger partial charge in [0.15, 0.2) is 11.5 Å². The number of ketones is 2. The molecule has 0 radical (unpaired) electrons. The van der Waals surface area contributed by atoms with E-state index in [0.29, 0.717) is 16.7 Å². The molecule has 0 saturated carbocycles. The van der Waals surface area contributed by atoms with Gasteiger partial charge in [-0.1, -0.05) is 66.7 Å². The number of esters is 1. The van der Waals surface area contributed by atoms with Gasteiger partial charge in [-0.3, -0.25) is 14.4 Å². The number of benzene rings is 3. The zero-order chi connectivity index (χ0) is 21.5. The van der Waals surface area contributed by atoms with Crippen LogP contribution in [0.1, 0.15) is 44.7 Å². The molecular weight excluding hydrogens is 392 g/mol. The highest BCUT2D eigenvalue weighted by Crippen LogP contribution is 2.41. The molecule has 152 valence electrons. The Labute approximate surface area is 178 Å². The highest BCUT2D eigenvalue weighted by atomic mass is 16.5. The summed E-state index contributed by atoms with van der Waals surface area (Å²) in [4.78, 5) is 38.9. The average Bonchev–Trinajstić information content (AvgIpc) is 3.16. The first-order valence-corrected chi connectivity index (χ1v) is 10.1. The predicted molar refractivity (Wildman–Crippen MR) is 115 cm³/mol. The van der Waals surface area contributed by atoms with Crippen LogP contribution in [-0.2, 0) is 16.0 Å². The van der Waals surface area contributed by atoms with Crippen molar-refractivity contribution in [2.24, 2.45) is 0 Å². The SMILES string of the molecule is CCOC(=O)Cc1oc2c(c1-c1cccc3ccccc13)C(=O)c1ccccc1C2=O. The molecule has 5 rings (SSSR count). The van der Waals surface area contributed by atoms with Crippen molar-refractivity contribution >= 4 is 28.3 Å². The molecule has 1 aromatic heterocycles. The van der Waals surface area contributed by atoms with Gasteiger partial charge in [0.2, 0.25) is 5.78 Å². The summed E-state index contributed by atoms with van der Waals surface area (Å²) in [6.45, 7) is 1.95. The molecule has 0 aliphatic heterocycles. The molecule has 5 heteroatoms. The van der Waals surface area contributed by atoms with E-state index in [1.54, 1.807) is 31.2 Å². The third kappa shape index (κ3) is 2.97. The molecule has 4 aromatic rings. The minimum absolute atomic E-state index is 0.0223. The molecule has 0 atom stereocenters. The maximum Gasteiger partial charge on any atom is 0.313 e. The Balaban J connectivity index is 1.81. The topological polar surface area (TPSA) is 73.6 Å². The summed E-state index contributed by atoms with van der Waals surface area (Å²) >= 11 is 0. The molecule has 0 spiro atoms. The zero-order valence-corrected chi connectivity index (χ0v) is 16.8. The lowest BCUT2D eigenvalue weighted by molar-refractivity contribution is -0.142. The normalized spacial score (nSPS) is 12.5. The quantitative estimate of drug-likeness (QED) is 0.391. The van der Waals surface area contributed by atoms with Gasteiger partial charge < -0.3 is 9.15 Å². The molecule has 3 aromatic carbocycles. The molecule has 1 aliphatic carbocycles. The standard InChI is InChI=1S/C26H18O5/c1-2-30-21(27)14-20-22(17-13-7-9-15-8-3-4-10-16(15)17)23-24(28)18-11-5-6-12-19(18)25(29)26(23)31-20/h3-13H,2,14H2,1H3. The van der Waals surface area contributed by atoms with E-state index in [0.717, 1.165) is 16.3 Å². The van der Waals surface area contributed by atoms with E-state index < -0.39 is 5.97 Å². The fourth-order valence-electron chi connectivity index (χ4n) is 4.19. The molecule has 0 N–H and O–H groups in total. The average molecular weight is 410 g/mol. The number of furan rings is 1. The molecular formula is C26H18O5. The number of carbonyl (C=O) groups excluding carboxylic acids is 3.